The van der Waals surface area contributed by atoms with Crippen molar-refractivity contribution < 1.29 is 19.4 Å². The van der Waals surface area contributed by atoms with Gasteiger partial charge in [-0.15, -0.1) is 0 Å². The Morgan fingerprint density at radius 3 is 2.63 bits per heavy atom. The number of carbonyl (C=O) groups is 1. The number of aromatic hydroxyl groups is 1. The molecule has 0 radical (unpaired) electrons. The summed E-state index contributed by atoms with van der Waals surface area (Å²) in [6.45, 7) is 4.54. The Morgan fingerprint density at radius 2 is 1.87 bits per heavy atom. The first-order valence-electron chi connectivity index (χ1n) is 9.46. The number of nitrogens with zero attached hydrogens (tertiary/aromatic N) is 1. The quantitative estimate of drug-likeness (QED) is 0.453. The number of hydrogen-bond acceptors (Lipinski definition) is 5. The molecule has 0 unspecified atom stereocenters. The summed E-state index contributed by atoms with van der Waals surface area (Å²) in [7, 11) is 1.57. The molecule has 0 aromatic heterocycles. The number of methoxy groups -OCH3 is 1. The fraction of sp³-hybridized carbons (Fsp3) is 0.167. The lowest BCUT2D eigenvalue weighted by atomic mass is 10.1. The summed E-state index contributed by atoms with van der Waals surface area (Å²) >= 11 is 0. The molecule has 6 nitrogen and oxygen atoms in total. The summed E-state index contributed by atoms with van der Waals surface area (Å²) in [4.78, 5) is 12.1. The maximum atomic E-state index is 12.1. The Morgan fingerprint density at radius 1 is 1.07 bits per heavy atom. The van der Waals surface area contributed by atoms with Crippen LogP contribution in [0.5, 0.6) is 17.2 Å². The molecule has 3 aromatic carbocycles. The first-order valence-corrected chi connectivity index (χ1v) is 9.46. The van der Waals surface area contributed by atoms with Crippen LogP contribution >= 0.6 is 0 Å². The number of nitrogens with one attached hydrogen (secondary N) is 1. The van der Waals surface area contributed by atoms with Crippen molar-refractivity contribution in [1.29, 1.82) is 0 Å². The SMILES string of the molecule is COc1cc(/C=N\NC(=O)c2ccccc2O)ccc1OCc1cc(C)ccc1C. The van der Waals surface area contributed by atoms with E-state index < -0.39 is 5.91 Å². The van der Waals surface area contributed by atoms with E-state index in [4.69, 9.17) is 9.47 Å². The lowest BCUT2D eigenvalue weighted by Crippen LogP contribution is -2.17. The Labute approximate surface area is 175 Å². The molecule has 6 heteroatoms. The van der Waals surface area contributed by atoms with Gasteiger partial charge in [0.2, 0.25) is 0 Å². The predicted octanol–water partition coefficient (Wildman–Crippen LogP) is 4.36. The smallest absolute Gasteiger partial charge is 0.275 e. The summed E-state index contributed by atoms with van der Waals surface area (Å²) in [6, 6.07) is 17.9. The van der Waals surface area contributed by atoms with E-state index in [9.17, 15) is 9.90 Å². The van der Waals surface area contributed by atoms with E-state index in [1.807, 2.05) is 6.07 Å². The number of phenols is 1. The molecule has 0 bridgehead atoms. The third-order valence-electron chi connectivity index (χ3n) is 4.60. The molecule has 0 aliphatic carbocycles. The molecule has 0 heterocycles. The average Bonchev–Trinajstić information content (AvgIpc) is 2.75. The molecule has 0 aliphatic rings. The molecule has 1 amide bonds. The van der Waals surface area contributed by atoms with Gasteiger partial charge in [-0.05, 0) is 60.9 Å². The number of ether oxygens (including phenoxy) is 2. The van der Waals surface area contributed by atoms with Crippen LogP contribution in [0.1, 0.15) is 32.6 Å². The maximum absolute atomic E-state index is 12.1. The second-order valence-electron chi connectivity index (χ2n) is 6.85. The van der Waals surface area contributed by atoms with Crippen LogP contribution in [0.2, 0.25) is 0 Å². The third kappa shape index (κ3) is 5.17. The van der Waals surface area contributed by atoms with Crippen molar-refractivity contribution >= 4 is 12.1 Å². The zero-order chi connectivity index (χ0) is 21.5. The molecule has 30 heavy (non-hydrogen) atoms. The van der Waals surface area contributed by atoms with Crippen LogP contribution in [0.4, 0.5) is 0 Å². The number of carbonyl (C=O) groups excluding carboxylic acids is 1. The zero-order valence-electron chi connectivity index (χ0n) is 17.2. The van der Waals surface area contributed by atoms with Crippen LogP contribution in [0.25, 0.3) is 0 Å². The second kappa shape index (κ2) is 9.60. The lowest BCUT2D eigenvalue weighted by Gasteiger charge is -2.13. The van der Waals surface area contributed by atoms with Gasteiger partial charge in [0.15, 0.2) is 11.5 Å². The van der Waals surface area contributed by atoms with E-state index in [1.165, 1.54) is 29.5 Å². The fourth-order valence-electron chi connectivity index (χ4n) is 2.89. The standard InChI is InChI=1S/C24H24N2O4/c1-16-8-9-17(2)19(12-16)15-30-22-11-10-18(13-23(22)29-3)14-25-26-24(28)20-6-4-5-7-21(20)27/h4-14,27H,15H2,1-3H3,(H,26,28)/b25-14-. The number of phenolic OH excluding ortho intramolecular Hbond substituents is 1. The monoisotopic (exact) mass is 404 g/mol. The molecule has 3 aromatic rings. The minimum Gasteiger partial charge on any atom is -0.507 e. The minimum absolute atomic E-state index is 0.0998. The highest BCUT2D eigenvalue weighted by Gasteiger charge is 2.09. The van der Waals surface area contributed by atoms with Gasteiger partial charge in [0.25, 0.3) is 5.91 Å². The number of amides is 1. The third-order valence-corrected chi connectivity index (χ3v) is 4.60. The van der Waals surface area contributed by atoms with Gasteiger partial charge >= 0.3 is 0 Å². The van der Waals surface area contributed by atoms with Crippen LogP contribution in [-0.4, -0.2) is 24.3 Å². The van der Waals surface area contributed by atoms with E-state index in [1.54, 1.807) is 31.4 Å². The highest BCUT2D eigenvalue weighted by molar-refractivity contribution is 5.97. The predicted molar refractivity (Wildman–Crippen MR) is 116 cm³/mol. The Balaban J connectivity index is 1.66. The van der Waals surface area contributed by atoms with E-state index in [2.05, 4.69) is 42.6 Å². The summed E-state index contributed by atoms with van der Waals surface area (Å²) in [6.07, 6.45) is 1.49. The van der Waals surface area contributed by atoms with Gasteiger partial charge in [-0.25, -0.2) is 5.43 Å². The number of benzene rings is 3. The molecule has 2 N–H and O–H groups in total. The lowest BCUT2D eigenvalue weighted by molar-refractivity contribution is 0.0952. The van der Waals surface area contributed by atoms with E-state index in [0.717, 1.165) is 11.1 Å². The number of hydrogen-bond donors (Lipinski definition) is 2. The molecule has 0 spiro atoms. The molecular weight excluding hydrogens is 380 g/mol. The Bertz CT molecular complexity index is 1080. The van der Waals surface area contributed by atoms with Gasteiger partial charge < -0.3 is 14.6 Å². The fourth-order valence-corrected chi connectivity index (χ4v) is 2.89. The molecule has 0 aliphatic heterocycles. The summed E-state index contributed by atoms with van der Waals surface area (Å²) in [5.41, 5.74) is 6.75. The highest BCUT2D eigenvalue weighted by atomic mass is 16.5. The molecule has 3 rings (SSSR count). The number of rotatable bonds is 7. The van der Waals surface area contributed by atoms with Crippen LogP contribution < -0.4 is 14.9 Å². The van der Waals surface area contributed by atoms with Crippen molar-refractivity contribution in [2.24, 2.45) is 5.10 Å². The second-order valence-corrected chi connectivity index (χ2v) is 6.85. The summed E-state index contributed by atoms with van der Waals surface area (Å²) in [5.74, 6) is 0.590. The van der Waals surface area contributed by atoms with Gasteiger partial charge in [-0.1, -0.05) is 35.9 Å². The molecular formula is C24H24N2O4. The van der Waals surface area contributed by atoms with Gasteiger partial charge in [-0.2, -0.15) is 5.10 Å². The van der Waals surface area contributed by atoms with Crippen LogP contribution in [0.3, 0.4) is 0 Å². The van der Waals surface area contributed by atoms with Gasteiger partial charge in [0.1, 0.15) is 12.4 Å². The Kier molecular flexibility index (Phi) is 6.70. The summed E-state index contributed by atoms with van der Waals surface area (Å²) < 4.78 is 11.4. The van der Waals surface area contributed by atoms with Crippen LogP contribution in [0.15, 0.2) is 65.8 Å². The van der Waals surface area contributed by atoms with Crippen molar-refractivity contribution in [1.82, 2.24) is 5.43 Å². The molecule has 0 saturated heterocycles. The molecule has 154 valence electrons. The van der Waals surface area contributed by atoms with Gasteiger partial charge in [0.05, 0.1) is 18.9 Å². The maximum Gasteiger partial charge on any atom is 0.275 e. The summed E-state index contributed by atoms with van der Waals surface area (Å²) in [5, 5.41) is 13.7. The topological polar surface area (TPSA) is 80.2 Å². The normalized spacial score (nSPS) is 10.8. The van der Waals surface area contributed by atoms with Crippen LogP contribution in [-0.2, 0) is 6.61 Å². The minimum atomic E-state index is -0.496. The van der Waals surface area contributed by atoms with Gasteiger partial charge in [0, 0.05) is 0 Å². The first kappa shape index (κ1) is 20.9. The van der Waals surface area contributed by atoms with Crippen molar-refractivity contribution in [2.75, 3.05) is 7.11 Å². The largest absolute Gasteiger partial charge is 0.507 e. The number of aryl methyl sites for hydroxylation is 2. The molecule has 0 atom stereocenters. The van der Waals surface area contributed by atoms with Crippen molar-refractivity contribution in [2.45, 2.75) is 20.5 Å². The number of para-hydroxylation sites is 1. The van der Waals surface area contributed by atoms with E-state index >= 15 is 0 Å². The van der Waals surface area contributed by atoms with Crippen LogP contribution in [0, 0.1) is 13.8 Å². The molecule has 0 saturated carbocycles. The Hall–Kier alpha value is -3.80. The average molecular weight is 404 g/mol. The zero-order valence-corrected chi connectivity index (χ0v) is 17.2. The van der Waals surface area contributed by atoms with Crippen molar-refractivity contribution in [3.8, 4) is 17.2 Å². The highest BCUT2D eigenvalue weighted by Crippen LogP contribution is 2.29. The first-order chi connectivity index (χ1) is 14.5. The number of hydrazone groups is 1. The van der Waals surface area contributed by atoms with E-state index in [-0.39, 0.29) is 11.3 Å². The van der Waals surface area contributed by atoms with Gasteiger partial charge in [-0.3, -0.25) is 4.79 Å². The van der Waals surface area contributed by atoms with E-state index in [0.29, 0.717) is 18.1 Å². The molecule has 0 fully saturated rings. The van der Waals surface area contributed by atoms with Crippen molar-refractivity contribution in [3.05, 3.63) is 88.5 Å². The van der Waals surface area contributed by atoms with Crippen molar-refractivity contribution in [3.63, 3.8) is 0 Å².